The summed E-state index contributed by atoms with van der Waals surface area (Å²) >= 11 is 5.90. The smallest absolute Gasteiger partial charge is 0.189 e. The van der Waals surface area contributed by atoms with E-state index in [1.54, 1.807) is 23.9 Å². The lowest BCUT2D eigenvalue weighted by atomic mass is 10.1. The van der Waals surface area contributed by atoms with Crippen LogP contribution in [0.1, 0.15) is 32.9 Å². The van der Waals surface area contributed by atoms with Crippen molar-refractivity contribution < 1.29 is 9.53 Å². The number of ketones is 1. The van der Waals surface area contributed by atoms with Crippen LogP contribution in [0.3, 0.4) is 0 Å². The molecule has 4 nitrogen and oxygen atoms in total. The van der Waals surface area contributed by atoms with E-state index in [1.807, 2.05) is 39.1 Å². The number of allylic oxidation sites excluding steroid dienone is 1. The second-order valence-corrected chi connectivity index (χ2v) is 5.34. The summed E-state index contributed by atoms with van der Waals surface area (Å²) in [4.78, 5) is 12.4. The highest BCUT2D eigenvalue weighted by Gasteiger charge is 2.14. The molecule has 0 fully saturated rings. The second-order valence-electron chi connectivity index (χ2n) is 5.07. The number of carbonyl (C=O) groups is 1. The van der Waals surface area contributed by atoms with Gasteiger partial charge in [-0.25, -0.2) is 0 Å². The van der Waals surface area contributed by atoms with Gasteiger partial charge >= 0.3 is 0 Å². The van der Waals surface area contributed by atoms with Gasteiger partial charge in [0.2, 0.25) is 0 Å². The number of halogens is 1. The highest BCUT2D eigenvalue weighted by molar-refractivity contribution is 6.17. The van der Waals surface area contributed by atoms with Crippen LogP contribution < -0.4 is 4.74 Å². The van der Waals surface area contributed by atoms with Crippen molar-refractivity contribution in [3.8, 4) is 5.75 Å². The molecule has 0 bridgehead atoms. The van der Waals surface area contributed by atoms with E-state index in [0.717, 1.165) is 28.3 Å². The highest BCUT2D eigenvalue weighted by atomic mass is 35.5. The van der Waals surface area contributed by atoms with Crippen molar-refractivity contribution in [3.05, 3.63) is 52.4 Å². The molecule has 0 spiro atoms. The third kappa shape index (κ3) is 3.22. The third-order valence-corrected chi connectivity index (χ3v) is 3.92. The fraction of sp³-hybridized carbons (Fsp3) is 0.294. The molecular formula is C17H19ClN2O2. The van der Waals surface area contributed by atoms with Gasteiger partial charge in [-0.15, -0.1) is 11.6 Å². The number of methoxy groups -OCH3 is 1. The molecule has 0 aliphatic heterocycles. The van der Waals surface area contributed by atoms with Crippen molar-refractivity contribution in [3.63, 3.8) is 0 Å². The Kier molecular flexibility index (Phi) is 5.03. The summed E-state index contributed by atoms with van der Waals surface area (Å²) in [5, 5.41) is 4.26. The van der Waals surface area contributed by atoms with Gasteiger partial charge in [-0.3, -0.25) is 9.48 Å². The number of aryl methyl sites for hydroxylation is 2. The fourth-order valence-corrected chi connectivity index (χ4v) is 2.60. The van der Waals surface area contributed by atoms with Crippen LogP contribution in [-0.4, -0.2) is 22.7 Å². The largest absolute Gasteiger partial charge is 0.496 e. The molecule has 5 heteroatoms. The van der Waals surface area contributed by atoms with Crippen molar-refractivity contribution in [1.29, 1.82) is 0 Å². The van der Waals surface area contributed by atoms with Crippen molar-refractivity contribution in [2.24, 2.45) is 7.05 Å². The number of aromatic nitrogens is 2. The van der Waals surface area contributed by atoms with E-state index >= 15 is 0 Å². The normalized spacial score (nSPS) is 11.1. The maximum Gasteiger partial charge on any atom is 0.189 e. The van der Waals surface area contributed by atoms with Gasteiger partial charge in [-0.2, -0.15) is 5.10 Å². The molecule has 0 aliphatic rings. The lowest BCUT2D eigenvalue weighted by Gasteiger charge is -2.06. The minimum atomic E-state index is -0.0497. The van der Waals surface area contributed by atoms with Crippen LogP contribution in [0.25, 0.3) is 6.08 Å². The number of hydrogen-bond acceptors (Lipinski definition) is 3. The summed E-state index contributed by atoms with van der Waals surface area (Å²) in [5.41, 5.74) is 4.07. The van der Waals surface area contributed by atoms with Gasteiger partial charge in [-0.1, -0.05) is 12.1 Å². The minimum Gasteiger partial charge on any atom is -0.496 e. The van der Waals surface area contributed by atoms with Gasteiger partial charge < -0.3 is 4.74 Å². The highest BCUT2D eigenvalue weighted by Crippen LogP contribution is 2.22. The molecule has 116 valence electrons. The first-order chi connectivity index (χ1) is 10.5. The molecule has 22 heavy (non-hydrogen) atoms. The summed E-state index contributed by atoms with van der Waals surface area (Å²) in [5.74, 6) is 1.06. The Morgan fingerprint density at radius 3 is 2.68 bits per heavy atom. The second kappa shape index (κ2) is 6.79. The van der Waals surface area contributed by atoms with E-state index in [2.05, 4.69) is 5.10 Å². The van der Waals surface area contributed by atoms with E-state index < -0.39 is 0 Å². The molecule has 0 saturated heterocycles. The van der Waals surface area contributed by atoms with Crippen LogP contribution in [0.2, 0.25) is 0 Å². The van der Waals surface area contributed by atoms with Crippen LogP contribution in [0.15, 0.2) is 24.3 Å². The lowest BCUT2D eigenvalue weighted by molar-refractivity contribution is 0.104. The molecule has 1 aromatic carbocycles. The lowest BCUT2D eigenvalue weighted by Crippen LogP contribution is -1.99. The number of hydrogen-bond donors (Lipinski definition) is 0. The van der Waals surface area contributed by atoms with Gasteiger partial charge in [0, 0.05) is 18.3 Å². The topological polar surface area (TPSA) is 44.1 Å². The predicted molar refractivity (Wildman–Crippen MR) is 88.6 cm³/mol. The summed E-state index contributed by atoms with van der Waals surface area (Å²) in [6.07, 6.45) is 3.35. The Bertz CT molecular complexity index is 733. The number of rotatable bonds is 5. The molecule has 0 atom stereocenters. The molecule has 0 amide bonds. The van der Waals surface area contributed by atoms with E-state index in [9.17, 15) is 4.79 Å². The molecular weight excluding hydrogens is 300 g/mol. The molecule has 0 N–H and O–H groups in total. The number of carbonyl (C=O) groups excluding carboxylic acids is 1. The SMILES string of the molecule is COc1ccc(/C=C/C(=O)c2c(C)nn(C)c2C)cc1CCl. The average molecular weight is 319 g/mol. The van der Waals surface area contributed by atoms with Crippen LogP contribution in [0.4, 0.5) is 0 Å². The maximum absolute atomic E-state index is 12.4. The zero-order valence-electron chi connectivity index (χ0n) is 13.2. The number of benzene rings is 1. The van der Waals surface area contributed by atoms with Gasteiger partial charge in [0.1, 0.15) is 5.75 Å². The maximum atomic E-state index is 12.4. The summed E-state index contributed by atoms with van der Waals surface area (Å²) in [6, 6.07) is 5.66. The monoisotopic (exact) mass is 318 g/mol. The molecule has 0 saturated carbocycles. The van der Waals surface area contributed by atoms with E-state index in [-0.39, 0.29) is 5.78 Å². The van der Waals surface area contributed by atoms with Gasteiger partial charge in [0.25, 0.3) is 0 Å². The Hall–Kier alpha value is -2.07. The Balaban J connectivity index is 2.26. The Morgan fingerprint density at radius 2 is 2.14 bits per heavy atom. The van der Waals surface area contributed by atoms with Crippen molar-refractivity contribution in [1.82, 2.24) is 9.78 Å². The first-order valence-electron chi connectivity index (χ1n) is 6.93. The zero-order chi connectivity index (χ0) is 16.3. The van der Waals surface area contributed by atoms with E-state index in [4.69, 9.17) is 16.3 Å². The zero-order valence-corrected chi connectivity index (χ0v) is 13.9. The van der Waals surface area contributed by atoms with Crippen LogP contribution in [0.5, 0.6) is 5.75 Å². The van der Waals surface area contributed by atoms with Crippen molar-refractivity contribution in [2.45, 2.75) is 19.7 Å². The minimum absolute atomic E-state index is 0.0497. The summed E-state index contributed by atoms with van der Waals surface area (Å²) < 4.78 is 6.95. The van der Waals surface area contributed by atoms with Crippen LogP contribution in [0, 0.1) is 13.8 Å². The standard InChI is InChI=1S/C17H19ClN2O2/c1-11-17(12(2)20(3)19-11)15(21)7-5-13-6-8-16(22-4)14(9-13)10-18/h5-9H,10H2,1-4H3/b7-5+. The molecule has 1 heterocycles. The van der Waals surface area contributed by atoms with Gasteiger partial charge in [0.05, 0.1) is 24.2 Å². The molecule has 0 aliphatic carbocycles. The first-order valence-corrected chi connectivity index (χ1v) is 7.46. The number of ether oxygens (including phenoxy) is 1. The summed E-state index contributed by atoms with van der Waals surface area (Å²) in [7, 11) is 3.44. The van der Waals surface area contributed by atoms with Crippen molar-refractivity contribution in [2.75, 3.05) is 7.11 Å². The Morgan fingerprint density at radius 1 is 1.41 bits per heavy atom. The molecule has 2 aromatic rings. The molecule has 0 unspecified atom stereocenters. The van der Waals surface area contributed by atoms with Gasteiger partial charge in [0.15, 0.2) is 5.78 Å². The summed E-state index contributed by atoms with van der Waals surface area (Å²) in [6.45, 7) is 3.73. The predicted octanol–water partition coefficient (Wildman–Crippen LogP) is 3.68. The molecule has 1 aromatic heterocycles. The molecule has 2 rings (SSSR count). The molecule has 0 radical (unpaired) electrons. The number of alkyl halides is 1. The Labute approximate surface area is 135 Å². The fourth-order valence-electron chi connectivity index (χ4n) is 2.39. The van der Waals surface area contributed by atoms with Crippen molar-refractivity contribution >= 4 is 23.5 Å². The number of nitrogens with zero attached hydrogens (tertiary/aromatic N) is 2. The quantitative estimate of drug-likeness (QED) is 0.480. The van der Waals surface area contributed by atoms with Crippen LogP contribution in [-0.2, 0) is 12.9 Å². The van der Waals surface area contributed by atoms with E-state index in [0.29, 0.717) is 11.4 Å². The average Bonchev–Trinajstić information content (AvgIpc) is 2.77. The van der Waals surface area contributed by atoms with Gasteiger partial charge in [-0.05, 0) is 37.6 Å². The van der Waals surface area contributed by atoms with Crippen LogP contribution >= 0.6 is 11.6 Å². The van der Waals surface area contributed by atoms with E-state index in [1.165, 1.54) is 0 Å². The first kappa shape index (κ1) is 16.3. The third-order valence-electron chi connectivity index (χ3n) is 3.63.